The quantitative estimate of drug-likeness (QED) is 0.867. The van der Waals surface area contributed by atoms with Crippen molar-refractivity contribution >= 4 is 33.4 Å². The number of rotatable bonds is 2. The maximum atomic E-state index is 12.3. The minimum Gasteiger partial charge on any atom is -0.342 e. The zero-order chi connectivity index (χ0) is 16.3. The van der Waals surface area contributed by atoms with Crippen molar-refractivity contribution in [3.63, 3.8) is 0 Å². The number of hydrogen-bond donors (Lipinski definition) is 1. The van der Waals surface area contributed by atoms with Gasteiger partial charge in [-0.3, -0.25) is 9.59 Å². The molecule has 1 aliphatic rings. The van der Waals surface area contributed by atoms with Crippen LogP contribution in [0.2, 0.25) is 0 Å². The molecule has 2 rings (SSSR count). The third kappa shape index (κ3) is 4.32. The Hall–Kier alpha value is -1.36. The molecule has 1 aromatic rings. The van der Waals surface area contributed by atoms with Crippen LogP contribution in [0.3, 0.4) is 0 Å². The van der Waals surface area contributed by atoms with Crippen molar-refractivity contribution in [1.82, 2.24) is 4.90 Å². The number of benzene rings is 1. The molecule has 0 aliphatic carbocycles. The van der Waals surface area contributed by atoms with Crippen molar-refractivity contribution in [1.29, 1.82) is 0 Å². The molecule has 0 radical (unpaired) electrons. The Morgan fingerprint density at radius 3 is 2.18 bits per heavy atom. The molecule has 0 spiro atoms. The third-order valence-electron chi connectivity index (χ3n) is 3.91. The fourth-order valence-corrected chi connectivity index (χ4v) is 2.86. The summed E-state index contributed by atoms with van der Waals surface area (Å²) >= 11 is 3.37. The van der Waals surface area contributed by atoms with Crippen LogP contribution >= 0.6 is 15.9 Å². The molecule has 1 N–H and O–H groups in total. The van der Waals surface area contributed by atoms with E-state index < -0.39 is 0 Å². The van der Waals surface area contributed by atoms with E-state index in [4.69, 9.17) is 0 Å². The average molecular weight is 367 g/mol. The Balaban J connectivity index is 1.87. The second-order valence-electron chi connectivity index (χ2n) is 6.81. The maximum Gasteiger partial charge on any atom is 0.227 e. The molecule has 1 aliphatic heterocycles. The van der Waals surface area contributed by atoms with E-state index in [1.807, 2.05) is 49.9 Å². The predicted octanol–water partition coefficient (Wildman–Crippen LogP) is 3.67. The molecule has 4 nitrogen and oxygen atoms in total. The van der Waals surface area contributed by atoms with Crippen LogP contribution < -0.4 is 5.32 Å². The van der Waals surface area contributed by atoms with E-state index >= 15 is 0 Å². The van der Waals surface area contributed by atoms with Crippen molar-refractivity contribution in [3.8, 4) is 0 Å². The first-order chi connectivity index (χ1) is 10.3. The van der Waals surface area contributed by atoms with E-state index in [1.165, 1.54) is 0 Å². The summed E-state index contributed by atoms with van der Waals surface area (Å²) < 4.78 is 0.986. The zero-order valence-electron chi connectivity index (χ0n) is 13.4. The molecule has 1 heterocycles. The Labute approximate surface area is 140 Å². The van der Waals surface area contributed by atoms with Gasteiger partial charge in [0.05, 0.1) is 0 Å². The van der Waals surface area contributed by atoms with Crippen LogP contribution in [0.25, 0.3) is 0 Å². The van der Waals surface area contributed by atoms with E-state index in [-0.39, 0.29) is 23.1 Å². The zero-order valence-corrected chi connectivity index (χ0v) is 14.9. The van der Waals surface area contributed by atoms with Crippen LogP contribution in [-0.2, 0) is 9.59 Å². The van der Waals surface area contributed by atoms with Crippen molar-refractivity contribution in [2.45, 2.75) is 33.6 Å². The van der Waals surface area contributed by atoms with Crippen molar-refractivity contribution in [2.75, 3.05) is 18.4 Å². The largest absolute Gasteiger partial charge is 0.342 e. The van der Waals surface area contributed by atoms with Gasteiger partial charge >= 0.3 is 0 Å². The van der Waals surface area contributed by atoms with Crippen molar-refractivity contribution in [2.24, 2.45) is 11.3 Å². The molecule has 2 amide bonds. The lowest BCUT2D eigenvalue weighted by Crippen LogP contribution is -2.45. The van der Waals surface area contributed by atoms with Gasteiger partial charge in [-0.05, 0) is 37.1 Å². The summed E-state index contributed by atoms with van der Waals surface area (Å²) in [5.74, 6) is 0.192. The fourth-order valence-electron chi connectivity index (χ4n) is 2.60. The molecule has 0 bridgehead atoms. The Morgan fingerprint density at radius 2 is 1.68 bits per heavy atom. The van der Waals surface area contributed by atoms with E-state index in [9.17, 15) is 9.59 Å². The summed E-state index contributed by atoms with van der Waals surface area (Å²) in [6, 6.07) is 7.56. The number of carbonyl (C=O) groups is 2. The smallest absolute Gasteiger partial charge is 0.227 e. The number of likely N-dealkylation sites (tertiary alicyclic amines) is 1. The van der Waals surface area contributed by atoms with Gasteiger partial charge in [-0.2, -0.15) is 0 Å². The number of carbonyl (C=O) groups excluding carboxylic acids is 2. The highest BCUT2D eigenvalue weighted by molar-refractivity contribution is 9.10. The second kappa shape index (κ2) is 6.82. The van der Waals surface area contributed by atoms with Crippen LogP contribution in [0.5, 0.6) is 0 Å². The Morgan fingerprint density at radius 1 is 1.14 bits per heavy atom. The molecule has 1 saturated heterocycles. The number of piperidine rings is 1. The van der Waals surface area contributed by atoms with Crippen molar-refractivity contribution < 1.29 is 9.59 Å². The number of amides is 2. The lowest BCUT2D eigenvalue weighted by atomic mass is 9.90. The Kier molecular flexibility index (Phi) is 5.27. The monoisotopic (exact) mass is 366 g/mol. The molecule has 1 aromatic carbocycles. The summed E-state index contributed by atoms with van der Waals surface area (Å²) in [4.78, 5) is 26.4. The minimum absolute atomic E-state index is 0.0207. The first-order valence-electron chi connectivity index (χ1n) is 7.63. The Bertz CT molecular complexity index is 541. The summed E-state index contributed by atoms with van der Waals surface area (Å²) in [7, 11) is 0. The standard InChI is InChI=1S/C17H23BrN2O2/c1-17(2,3)16(22)20-10-8-12(9-11-20)15(21)19-14-6-4-13(18)5-7-14/h4-7,12H,8-11H2,1-3H3,(H,19,21). The molecule has 22 heavy (non-hydrogen) atoms. The van der Waals surface area contributed by atoms with Gasteiger partial charge in [0.1, 0.15) is 0 Å². The highest BCUT2D eigenvalue weighted by Gasteiger charge is 2.32. The molecule has 0 unspecified atom stereocenters. The van der Waals surface area contributed by atoms with Crippen LogP contribution in [-0.4, -0.2) is 29.8 Å². The number of anilines is 1. The van der Waals surface area contributed by atoms with Crippen LogP contribution in [0.15, 0.2) is 28.7 Å². The molecule has 0 atom stereocenters. The van der Waals surface area contributed by atoms with Gasteiger partial charge < -0.3 is 10.2 Å². The highest BCUT2D eigenvalue weighted by Crippen LogP contribution is 2.24. The highest BCUT2D eigenvalue weighted by atomic mass is 79.9. The summed E-state index contributed by atoms with van der Waals surface area (Å²) in [5, 5.41) is 2.95. The molecular weight excluding hydrogens is 344 g/mol. The maximum absolute atomic E-state index is 12.3. The number of nitrogens with zero attached hydrogens (tertiary/aromatic N) is 1. The molecular formula is C17H23BrN2O2. The fraction of sp³-hybridized carbons (Fsp3) is 0.529. The lowest BCUT2D eigenvalue weighted by Gasteiger charge is -2.35. The van der Waals surface area contributed by atoms with Gasteiger partial charge in [-0.25, -0.2) is 0 Å². The number of nitrogens with one attached hydrogen (secondary N) is 1. The van der Waals surface area contributed by atoms with Crippen molar-refractivity contribution in [3.05, 3.63) is 28.7 Å². The van der Waals surface area contributed by atoms with Gasteiger partial charge in [-0.1, -0.05) is 36.7 Å². The van der Waals surface area contributed by atoms with Crippen LogP contribution in [0.4, 0.5) is 5.69 Å². The first kappa shape index (κ1) is 17.0. The van der Waals surface area contributed by atoms with Gasteiger partial charge in [0.15, 0.2) is 0 Å². The van der Waals surface area contributed by atoms with Gasteiger partial charge in [-0.15, -0.1) is 0 Å². The first-order valence-corrected chi connectivity index (χ1v) is 8.42. The van der Waals surface area contributed by atoms with Crippen LogP contribution in [0, 0.1) is 11.3 Å². The second-order valence-corrected chi connectivity index (χ2v) is 7.73. The van der Waals surface area contributed by atoms with Gasteiger partial charge in [0.25, 0.3) is 0 Å². The number of halogens is 1. The summed E-state index contributed by atoms with van der Waals surface area (Å²) in [6.45, 7) is 7.12. The predicted molar refractivity (Wildman–Crippen MR) is 91.5 cm³/mol. The van der Waals surface area contributed by atoms with Gasteiger partial charge in [0, 0.05) is 34.6 Å². The molecule has 0 saturated carbocycles. The molecule has 1 fully saturated rings. The van der Waals surface area contributed by atoms with E-state index in [0.29, 0.717) is 13.1 Å². The third-order valence-corrected chi connectivity index (χ3v) is 4.43. The topological polar surface area (TPSA) is 49.4 Å². The number of hydrogen-bond acceptors (Lipinski definition) is 2. The SMILES string of the molecule is CC(C)(C)C(=O)N1CCC(C(=O)Nc2ccc(Br)cc2)CC1. The molecule has 5 heteroatoms. The molecule has 0 aromatic heterocycles. The van der Waals surface area contributed by atoms with E-state index in [2.05, 4.69) is 21.2 Å². The minimum atomic E-state index is -0.355. The molecule has 120 valence electrons. The van der Waals surface area contributed by atoms with E-state index in [0.717, 1.165) is 23.0 Å². The van der Waals surface area contributed by atoms with E-state index in [1.54, 1.807) is 0 Å². The van der Waals surface area contributed by atoms with Crippen LogP contribution in [0.1, 0.15) is 33.6 Å². The van der Waals surface area contributed by atoms with Gasteiger partial charge in [0.2, 0.25) is 11.8 Å². The average Bonchev–Trinajstić information content (AvgIpc) is 2.48. The summed E-state index contributed by atoms with van der Waals surface area (Å²) in [6.07, 6.45) is 1.45. The summed E-state index contributed by atoms with van der Waals surface area (Å²) in [5.41, 5.74) is 0.452. The lowest BCUT2D eigenvalue weighted by molar-refractivity contribution is -0.142. The normalized spacial score (nSPS) is 16.5.